The minimum Gasteiger partial charge on any atom is -0.540 e. The number of carboxylic acids is 3. The van der Waals surface area contributed by atoms with Crippen LogP contribution in [0.25, 0.3) is 79.7 Å². The molecular formula is C104H91F8Ir6N15O13-6. The number of hydrogen-bond donors (Lipinski definition) is 6. The van der Waals surface area contributed by atoms with Crippen LogP contribution in [0.5, 0.6) is 5.75 Å². The largest absolute Gasteiger partial charge is 0.540 e. The van der Waals surface area contributed by atoms with Gasteiger partial charge in [-0.3, -0.25) is 79.4 Å². The molecule has 0 fully saturated rings. The van der Waals surface area contributed by atoms with Crippen LogP contribution in [0.3, 0.4) is 0 Å². The number of allylic oxidation sites excluding steroid dienone is 6. The molecule has 28 nitrogen and oxygen atoms in total. The van der Waals surface area contributed by atoms with Gasteiger partial charge < -0.3 is 62.8 Å². The quantitative estimate of drug-likeness (QED) is 0.0240. The maximum atomic E-state index is 13.8. The maximum absolute atomic E-state index is 13.8. The van der Waals surface area contributed by atoms with Crippen LogP contribution in [0.1, 0.15) is 73.0 Å². The number of carbonyl (C=O) groups excluding carboxylic acids is 3. The van der Waals surface area contributed by atoms with Gasteiger partial charge in [0.05, 0.1) is 59.3 Å². The SMILES string of the molecule is CC(=O)C=C(C)O.CC(=O)C=C(C)O.CC(=O)C=C(C)O.COc1c[c-]c(-c2nccn2C)cc1.Cn1ccnc1-c1[c-]cc(F)cc1F.Cn1ccnc1-c1[c-]cc(F)cc1F.Cn1ccnc1-c1[c-]cccc1.Fc1c[c-]c(-c2nccn2-c2ccccc2)c(F)c1.Fc1c[c-]c(-c2nccn2-c2ccccc2)c(F)c1.O=C(O)c1ccccn1.O=C(O)c1ccccn1.O=C(O)c1ccccn1.[Ir].[Ir].[Ir].[Ir].[Ir].[Ir]. The monoisotopic (exact) mass is 3070 g/mol. The molecule has 42 heteroatoms. The molecule has 0 bridgehead atoms. The van der Waals surface area contributed by atoms with Crippen molar-refractivity contribution in [2.45, 2.75) is 41.5 Å². The van der Waals surface area contributed by atoms with E-state index >= 15 is 0 Å². The number of aromatic nitrogens is 15. The maximum Gasteiger partial charge on any atom is 0.354 e. The van der Waals surface area contributed by atoms with E-state index in [1.165, 1.54) is 96.6 Å². The summed E-state index contributed by atoms with van der Waals surface area (Å²) in [5.41, 5.74) is 4.61. The standard InChI is InChI=1S/2C15H9F2N2.C11H11N2O.2C10H7F2N2.C10H9N2.3C6H5NO2.3C5H8O2.6Ir/c2*16-11-6-7-13(14(17)10-11)15-18-8-9-19(15)12-4-2-1-3-5-12;1-13-8-7-12-11(13)9-3-5-10(14-2)6-4-9;2*1-14-5-4-13-10(14)8-3-2-7(11)6-9(8)12;1-12-8-7-11-10(12)9-5-3-2-4-6-9;3*8-6(9)5-3-1-2-4-7-5;3*1-4(6)3-5(2)7;;;;;;/h2*1-6,8-10H;3,5-8H,1-2H3;2*2,4-6H,1H3;2-5,7-8H,1H3;3*1-4H,(H,8,9);3*3,6H,1-2H3;;;;;;/q6*-1;;;;;;;;;;;;. The molecule has 0 amide bonds. The van der Waals surface area contributed by atoms with Crippen molar-refractivity contribution in [2.75, 3.05) is 7.11 Å². The van der Waals surface area contributed by atoms with Crippen molar-refractivity contribution in [3.63, 3.8) is 0 Å². The fourth-order valence-electron chi connectivity index (χ4n) is 11.1. The van der Waals surface area contributed by atoms with Crippen LogP contribution in [0, 0.1) is 82.9 Å². The fourth-order valence-corrected chi connectivity index (χ4v) is 11.1. The number of ketones is 3. The van der Waals surface area contributed by atoms with Crippen molar-refractivity contribution in [1.29, 1.82) is 0 Å². The summed E-state index contributed by atoms with van der Waals surface area (Å²) in [6.07, 6.45) is 28.3. The van der Waals surface area contributed by atoms with Gasteiger partial charge in [0.15, 0.2) is 17.3 Å². The summed E-state index contributed by atoms with van der Waals surface area (Å²) in [5, 5.41) is 50.1. The molecule has 6 N–H and O–H groups in total. The predicted molar refractivity (Wildman–Crippen MR) is 507 cm³/mol. The van der Waals surface area contributed by atoms with E-state index in [-0.39, 0.29) is 195 Å². The molecule has 0 spiro atoms. The van der Waals surface area contributed by atoms with E-state index in [0.717, 1.165) is 88.4 Å². The van der Waals surface area contributed by atoms with Crippen molar-refractivity contribution in [3.8, 4) is 85.5 Å². The van der Waals surface area contributed by atoms with E-state index in [1.54, 1.807) is 138 Å². The Morgan fingerprint density at radius 2 is 0.562 bits per heavy atom. The number of nitrogens with zero attached hydrogens (tertiary/aromatic N) is 15. The summed E-state index contributed by atoms with van der Waals surface area (Å²) in [6.45, 7) is 8.54. The van der Waals surface area contributed by atoms with E-state index in [2.05, 4.69) is 81.3 Å². The Morgan fingerprint density at radius 3 is 0.774 bits per heavy atom. The summed E-state index contributed by atoms with van der Waals surface area (Å²) in [6, 6.07) is 70.7. The number of carbonyl (C=O) groups is 6. The molecule has 9 heterocycles. The third kappa shape index (κ3) is 47.0. The first kappa shape index (κ1) is 132. The molecule has 0 saturated carbocycles. The number of hydrogen-bond acceptors (Lipinski definition) is 19. The van der Waals surface area contributed by atoms with Crippen LogP contribution in [-0.2, 0) is 163 Å². The molecular weight excluding hydrogens is 2970 g/mol. The van der Waals surface area contributed by atoms with Crippen molar-refractivity contribution < 1.29 is 220 Å². The topological polar surface area (TPSA) is 379 Å². The molecule has 17 rings (SSSR count). The number of rotatable bonds is 15. The number of carboxylic acid groups (broad SMARTS) is 3. The summed E-state index contributed by atoms with van der Waals surface area (Å²) in [4.78, 5) is 95.8. The number of pyridine rings is 3. The number of para-hydroxylation sites is 2. The first-order valence-electron chi connectivity index (χ1n) is 41.0. The van der Waals surface area contributed by atoms with Crippen molar-refractivity contribution in [2.24, 2.45) is 28.2 Å². The zero-order chi connectivity index (χ0) is 103. The number of methoxy groups -OCH3 is 1. The van der Waals surface area contributed by atoms with Gasteiger partial charge in [0.2, 0.25) is 0 Å². The zero-order valence-corrected chi connectivity index (χ0v) is 93.2. The van der Waals surface area contributed by atoms with Gasteiger partial charge in [-0.15, -0.1) is 114 Å². The number of benzene rings is 8. The molecule has 6 radical (unpaired) electrons. The Kier molecular flexibility index (Phi) is 63.5. The average molecular weight is 3060 g/mol. The molecule has 9 aromatic heterocycles. The Morgan fingerprint density at radius 1 is 0.295 bits per heavy atom. The van der Waals surface area contributed by atoms with E-state index in [4.69, 9.17) is 35.4 Å². The van der Waals surface area contributed by atoms with Crippen molar-refractivity contribution >= 4 is 35.3 Å². The van der Waals surface area contributed by atoms with E-state index in [9.17, 15) is 63.9 Å². The molecule has 0 aliphatic heterocycles. The van der Waals surface area contributed by atoms with Gasteiger partial charge in [-0.1, -0.05) is 101 Å². The Bertz CT molecular complexity index is 6490. The number of aromatic carboxylic acids is 3. The summed E-state index contributed by atoms with van der Waals surface area (Å²) in [5.74, 6) is -4.08. The van der Waals surface area contributed by atoms with Gasteiger partial charge in [-0.25, -0.2) is 29.3 Å². The number of aliphatic hydroxyl groups excluding tert-OH is 3. The molecule has 0 aliphatic carbocycles. The smallest absolute Gasteiger partial charge is 0.354 e. The molecule has 8 aromatic carbocycles. The molecule has 0 atom stereocenters. The summed E-state index contributed by atoms with van der Waals surface area (Å²) < 4.78 is 121. The summed E-state index contributed by atoms with van der Waals surface area (Å²) >= 11 is 0. The van der Waals surface area contributed by atoms with E-state index < -0.39 is 64.4 Å². The number of halogens is 8. The van der Waals surface area contributed by atoms with Gasteiger partial charge in [-0.05, 0) is 102 Å². The molecule has 17 aromatic rings. The van der Waals surface area contributed by atoms with Crippen LogP contribution < -0.4 is 4.74 Å². The number of ether oxygens (including phenoxy) is 1. The third-order valence-corrected chi connectivity index (χ3v) is 17.1. The van der Waals surface area contributed by atoms with Gasteiger partial charge in [-0.2, -0.15) is 0 Å². The van der Waals surface area contributed by atoms with Crippen LogP contribution in [0.4, 0.5) is 35.1 Å². The molecule has 146 heavy (non-hydrogen) atoms. The Balaban J connectivity index is 0.00000159. The molecule has 0 aliphatic rings. The second kappa shape index (κ2) is 70.4. The Hall–Kier alpha value is -14.4. The van der Waals surface area contributed by atoms with Crippen LogP contribution in [0.2, 0.25) is 0 Å². The predicted octanol–water partition coefficient (Wildman–Crippen LogP) is 20.8. The van der Waals surface area contributed by atoms with Gasteiger partial charge in [0.25, 0.3) is 0 Å². The number of aryl methyl sites for hydroxylation is 4. The zero-order valence-electron chi connectivity index (χ0n) is 78.8. The fraction of sp³-hybridized carbons (Fsp3) is 0.106. The summed E-state index contributed by atoms with van der Waals surface area (Å²) in [7, 11) is 9.05. The van der Waals surface area contributed by atoms with Gasteiger partial charge in [0.1, 0.15) is 17.1 Å². The minimum atomic E-state index is -0.990. The minimum absolute atomic E-state index is 0. The first-order valence-corrected chi connectivity index (χ1v) is 41.0. The van der Waals surface area contributed by atoms with E-state index in [0.29, 0.717) is 23.3 Å². The Labute approximate surface area is 916 Å². The second-order valence-electron chi connectivity index (χ2n) is 28.2. The third-order valence-electron chi connectivity index (χ3n) is 17.1. The van der Waals surface area contributed by atoms with Crippen molar-refractivity contribution in [1.82, 2.24) is 72.3 Å². The number of aliphatic hydroxyl groups is 3. The first-order chi connectivity index (χ1) is 66.8. The van der Waals surface area contributed by atoms with Crippen LogP contribution in [-0.4, -0.2) is 145 Å². The molecule has 0 saturated heterocycles. The molecule has 0 unspecified atom stereocenters. The van der Waals surface area contributed by atoms with Gasteiger partial charge >= 0.3 is 17.9 Å². The van der Waals surface area contributed by atoms with Crippen LogP contribution >= 0.6 is 0 Å². The van der Waals surface area contributed by atoms with Gasteiger partial charge in [0, 0.05) is 324 Å². The average Bonchev–Trinajstić information content (AvgIpc) is 1.63. The second-order valence-corrected chi connectivity index (χ2v) is 28.2. The van der Waals surface area contributed by atoms with Crippen LogP contribution in [0.15, 0.2) is 335 Å². The van der Waals surface area contributed by atoms with Crippen molar-refractivity contribution in [3.05, 3.63) is 435 Å². The van der Waals surface area contributed by atoms with E-state index in [1.807, 2.05) is 139 Å². The molecule has 776 valence electrons. The number of imidazole rings is 6. The normalized spacial score (nSPS) is 9.87.